The molecule has 0 unspecified atom stereocenters. The second kappa shape index (κ2) is 9.39. The Kier molecular flexibility index (Phi) is 7.66. The number of para-hydroxylation sites is 1. The lowest BCUT2D eigenvalue weighted by atomic mass is 10.1. The molecule has 0 radical (unpaired) electrons. The summed E-state index contributed by atoms with van der Waals surface area (Å²) >= 11 is 0. The van der Waals surface area contributed by atoms with Crippen molar-refractivity contribution in [2.45, 2.75) is 32.6 Å². The number of amides is 1. The summed E-state index contributed by atoms with van der Waals surface area (Å²) in [4.78, 5) is 11.6. The lowest BCUT2D eigenvalue weighted by Gasteiger charge is -2.07. The van der Waals surface area contributed by atoms with Gasteiger partial charge in [0.05, 0.1) is 6.42 Å². The third-order valence-corrected chi connectivity index (χ3v) is 2.77. The summed E-state index contributed by atoms with van der Waals surface area (Å²) in [6, 6.07) is 6.89. The second-order valence-electron chi connectivity index (χ2n) is 4.47. The van der Waals surface area contributed by atoms with Crippen molar-refractivity contribution in [2.75, 3.05) is 19.8 Å². The number of unbranched alkanes of at least 4 members (excludes halogenated alkanes) is 1. The maximum Gasteiger partial charge on any atom is 0.224 e. The van der Waals surface area contributed by atoms with E-state index in [1.807, 2.05) is 6.07 Å². The zero-order valence-electron chi connectivity index (χ0n) is 11.5. The molecule has 4 nitrogen and oxygen atoms in total. The van der Waals surface area contributed by atoms with Gasteiger partial charge in [0, 0.05) is 25.3 Å². The Balaban J connectivity index is 2.10. The van der Waals surface area contributed by atoms with Crippen molar-refractivity contribution >= 4 is 5.91 Å². The standard InChI is InChI=1S/C15H23NO3/c1-2-3-10-19-11-6-9-16-15(18)12-13-7-4-5-8-14(13)17/h4-5,7-8,17H,2-3,6,9-12H2,1H3,(H,16,18). The molecule has 0 fully saturated rings. The SMILES string of the molecule is CCCCOCCCNC(=O)Cc1ccccc1O. The van der Waals surface area contributed by atoms with Gasteiger partial charge in [-0.3, -0.25) is 4.79 Å². The molecule has 0 heterocycles. The molecule has 1 amide bonds. The van der Waals surface area contributed by atoms with Gasteiger partial charge >= 0.3 is 0 Å². The minimum absolute atomic E-state index is 0.0740. The van der Waals surface area contributed by atoms with E-state index in [2.05, 4.69) is 12.2 Å². The van der Waals surface area contributed by atoms with Gasteiger partial charge in [-0.2, -0.15) is 0 Å². The molecular formula is C15H23NO3. The number of rotatable bonds is 9. The minimum atomic E-state index is -0.0740. The molecule has 0 spiro atoms. The molecule has 0 saturated heterocycles. The molecular weight excluding hydrogens is 242 g/mol. The van der Waals surface area contributed by atoms with E-state index < -0.39 is 0 Å². The molecule has 0 aliphatic carbocycles. The summed E-state index contributed by atoms with van der Waals surface area (Å²) in [7, 11) is 0. The number of hydrogen-bond acceptors (Lipinski definition) is 3. The number of phenols is 1. The topological polar surface area (TPSA) is 58.6 Å². The molecule has 4 heteroatoms. The number of carbonyl (C=O) groups is 1. The highest BCUT2D eigenvalue weighted by atomic mass is 16.5. The minimum Gasteiger partial charge on any atom is -0.508 e. The molecule has 1 rings (SSSR count). The molecule has 2 N–H and O–H groups in total. The van der Waals surface area contributed by atoms with Gasteiger partial charge in [-0.1, -0.05) is 31.5 Å². The molecule has 1 aromatic rings. The number of ether oxygens (including phenoxy) is 1. The fourth-order valence-corrected chi connectivity index (χ4v) is 1.65. The van der Waals surface area contributed by atoms with Crippen LogP contribution in [0.15, 0.2) is 24.3 Å². The Morgan fingerprint density at radius 2 is 2.00 bits per heavy atom. The van der Waals surface area contributed by atoms with Crippen LogP contribution in [0.1, 0.15) is 31.7 Å². The number of benzene rings is 1. The molecule has 0 saturated carbocycles. The van der Waals surface area contributed by atoms with Crippen LogP contribution in [0.4, 0.5) is 0 Å². The summed E-state index contributed by atoms with van der Waals surface area (Å²) in [6.45, 7) is 4.21. The molecule has 0 aromatic heterocycles. The monoisotopic (exact) mass is 265 g/mol. The fraction of sp³-hybridized carbons (Fsp3) is 0.533. The average molecular weight is 265 g/mol. The first-order valence-corrected chi connectivity index (χ1v) is 6.85. The van der Waals surface area contributed by atoms with Gasteiger partial charge < -0.3 is 15.2 Å². The van der Waals surface area contributed by atoms with Crippen molar-refractivity contribution < 1.29 is 14.6 Å². The number of carbonyl (C=O) groups excluding carboxylic acids is 1. The molecule has 0 aliphatic heterocycles. The van der Waals surface area contributed by atoms with E-state index in [1.54, 1.807) is 18.2 Å². The van der Waals surface area contributed by atoms with Crippen LogP contribution in [0, 0.1) is 0 Å². The van der Waals surface area contributed by atoms with E-state index in [9.17, 15) is 9.90 Å². The van der Waals surface area contributed by atoms with Crippen molar-refractivity contribution in [2.24, 2.45) is 0 Å². The molecule has 19 heavy (non-hydrogen) atoms. The van der Waals surface area contributed by atoms with Crippen LogP contribution in [0.3, 0.4) is 0 Å². The summed E-state index contributed by atoms with van der Waals surface area (Å²) in [5.41, 5.74) is 0.652. The number of hydrogen-bond donors (Lipinski definition) is 2. The van der Waals surface area contributed by atoms with Crippen molar-refractivity contribution in [3.8, 4) is 5.75 Å². The van der Waals surface area contributed by atoms with Crippen molar-refractivity contribution in [3.63, 3.8) is 0 Å². The molecule has 1 aromatic carbocycles. The Bertz CT molecular complexity index is 379. The second-order valence-corrected chi connectivity index (χ2v) is 4.47. The summed E-state index contributed by atoms with van der Waals surface area (Å²) in [5.74, 6) is 0.0932. The molecule has 0 aliphatic rings. The maximum atomic E-state index is 11.6. The maximum absolute atomic E-state index is 11.6. The smallest absolute Gasteiger partial charge is 0.224 e. The predicted molar refractivity (Wildman–Crippen MR) is 75.2 cm³/mol. The van der Waals surface area contributed by atoms with Crippen LogP contribution >= 0.6 is 0 Å². The van der Waals surface area contributed by atoms with Crippen LogP contribution in [0.2, 0.25) is 0 Å². The Hall–Kier alpha value is -1.55. The zero-order chi connectivity index (χ0) is 13.9. The molecule has 0 atom stereocenters. The van der Waals surface area contributed by atoms with Crippen LogP contribution in [-0.4, -0.2) is 30.8 Å². The lowest BCUT2D eigenvalue weighted by molar-refractivity contribution is -0.120. The van der Waals surface area contributed by atoms with Gasteiger partial charge in [0.2, 0.25) is 5.91 Å². The Morgan fingerprint density at radius 1 is 1.26 bits per heavy atom. The third-order valence-electron chi connectivity index (χ3n) is 2.77. The largest absolute Gasteiger partial charge is 0.508 e. The normalized spacial score (nSPS) is 10.4. The summed E-state index contributed by atoms with van der Waals surface area (Å²) in [6.07, 6.45) is 3.25. The Labute approximate surface area is 114 Å². The van der Waals surface area contributed by atoms with Crippen molar-refractivity contribution in [1.29, 1.82) is 0 Å². The highest BCUT2D eigenvalue weighted by Crippen LogP contribution is 2.15. The van der Waals surface area contributed by atoms with Gasteiger partial charge in [0.1, 0.15) is 5.75 Å². The number of nitrogens with one attached hydrogen (secondary N) is 1. The van der Waals surface area contributed by atoms with E-state index in [-0.39, 0.29) is 18.1 Å². The van der Waals surface area contributed by atoms with Crippen LogP contribution in [0.5, 0.6) is 5.75 Å². The van der Waals surface area contributed by atoms with E-state index in [0.29, 0.717) is 18.7 Å². The number of phenolic OH excluding ortho intramolecular Hbond substituents is 1. The van der Waals surface area contributed by atoms with E-state index in [0.717, 1.165) is 25.9 Å². The summed E-state index contributed by atoms with van der Waals surface area (Å²) in [5, 5.41) is 12.4. The van der Waals surface area contributed by atoms with Gasteiger partial charge in [-0.15, -0.1) is 0 Å². The van der Waals surface area contributed by atoms with Crippen molar-refractivity contribution in [3.05, 3.63) is 29.8 Å². The first-order valence-electron chi connectivity index (χ1n) is 6.85. The van der Waals surface area contributed by atoms with E-state index in [1.165, 1.54) is 0 Å². The van der Waals surface area contributed by atoms with Gasteiger partial charge in [0.15, 0.2) is 0 Å². The van der Waals surface area contributed by atoms with Gasteiger partial charge in [-0.05, 0) is 18.9 Å². The lowest BCUT2D eigenvalue weighted by Crippen LogP contribution is -2.26. The zero-order valence-corrected chi connectivity index (χ0v) is 11.5. The quantitative estimate of drug-likeness (QED) is 0.673. The van der Waals surface area contributed by atoms with Gasteiger partial charge in [0.25, 0.3) is 0 Å². The number of aromatic hydroxyl groups is 1. The predicted octanol–water partition coefficient (Wildman–Crippen LogP) is 2.26. The van der Waals surface area contributed by atoms with Gasteiger partial charge in [-0.25, -0.2) is 0 Å². The van der Waals surface area contributed by atoms with E-state index in [4.69, 9.17) is 4.74 Å². The average Bonchev–Trinajstić information content (AvgIpc) is 2.40. The first-order chi connectivity index (χ1) is 9.24. The Morgan fingerprint density at radius 3 is 2.74 bits per heavy atom. The third kappa shape index (κ3) is 6.82. The van der Waals surface area contributed by atoms with Crippen LogP contribution in [-0.2, 0) is 16.0 Å². The molecule has 106 valence electrons. The van der Waals surface area contributed by atoms with E-state index >= 15 is 0 Å². The van der Waals surface area contributed by atoms with Crippen molar-refractivity contribution in [1.82, 2.24) is 5.32 Å². The first kappa shape index (κ1) is 15.5. The molecule has 0 bridgehead atoms. The highest BCUT2D eigenvalue weighted by Gasteiger charge is 2.06. The van der Waals surface area contributed by atoms with Crippen LogP contribution in [0.25, 0.3) is 0 Å². The highest BCUT2D eigenvalue weighted by molar-refractivity contribution is 5.79. The fourth-order valence-electron chi connectivity index (χ4n) is 1.65. The summed E-state index contributed by atoms with van der Waals surface area (Å²) < 4.78 is 5.40. The van der Waals surface area contributed by atoms with Crippen LogP contribution < -0.4 is 5.32 Å².